The molecule has 90 valence electrons. The van der Waals surface area contributed by atoms with Crippen LogP contribution in [0.5, 0.6) is 0 Å². The average molecular weight is 242 g/mol. The molecule has 0 saturated heterocycles. The van der Waals surface area contributed by atoms with E-state index < -0.39 is 0 Å². The molecule has 1 rings (SSSR count). The number of hydrogen-bond acceptors (Lipinski definition) is 2. The van der Waals surface area contributed by atoms with Gasteiger partial charge in [0.1, 0.15) is 0 Å². The minimum atomic E-state index is 0.193. The second-order valence-electron chi connectivity index (χ2n) is 4.21. The molecule has 2 nitrogen and oxygen atoms in total. The summed E-state index contributed by atoms with van der Waals surface area (Å²) in [6.07, 6.45) is 3.17. The molecule has 1 aromatic carbocycles. The van der Waals surface area contributed by atoms with Gasteiger partial charge >= 0.3 is 0 Å². The molecule has 0 aliphatic heterocycles. The maximum Gasteiger partial charge on any atom is 0.0543 e. The summed E-state index contributed by atoms with van der Waals surface area (Å²) in [4.78, 5) is 0. The van der Waals surface area contributed by atoms with Gasteiger partial charge in [-0.25, -0.2) is 0 Å². The first-order chi connectivity index (χ1) is 7.61. The third-order valence-corrected chi connectivity index (χ3v) is 3.01. The Hall–Kier alpha value is -0.570. The molecule has 0 fully saturated rings. The molecule has 1 aromatic rings. The highest BCUT2D eigenvalue weighted by Gasteiger charge is 2.07. The van der Waals surface area contributed by atoms with Crippen LogP contribution < -0.4 is 5.73 Å². The van der Waals surface area contributed by atoms with Crippen molar-refractivity contribution >= 4 is 11.6 Å². The highest BCUT2D eigenvalue weighted by Crippen LogP contribution is 2.12. The number of ether oxygens (including phenoxy) is 1. The van der Waals surface area contributed by atoms with E-state index in [2.05, 4.69) is 6.92 Å². The molecule has 2 atom stereocenters. The van der Waals surface area contributed by atoms with Gasteiger partial charge in [-0.15, -0.1) is 0 Å². The molecule has 0 bridgehead atoms. The Bertz CT molecular complexity index is 299. The van der Waals surface area contributed by atoms with E-state index in [1.54, 1.807) is 7.11 Å². The largest absolute Gasteiger partial charge is 0.382 e. The molecule has 16 heavy (non-hydrogen) atoms. The Labute approximate surface area is 103 Å². The predicted molar refractivity (Wildman–Crippen MR) is 68.8 cm³/mol. The van der Waals surface area contributed by atoms with Crippen LogP contribution in [0.2, 0.25) is 5.02 Å². The third-order valence-electron chi connectivity index (χ3n) is 2.76. The van der Waals surface area contributed by atoms with Crippen molar-refractivity contribution in [1.82, 2.24) is 0 Å². The Kier molecular flexibility index (Phi) is 5.81. The molecule has 0 aromatic heterocycles. The summed E-state index contributed by atoms with van der Waals surface area (Å²) in [6.45, 7) is 2.06. The van der Waals surface area contributed by atoms with Gasteiger partial charge < -0.3 is 10.5 Å². The van der Waals surface area contributed by atoms with E-state index in [0.717, 1.165) is 24.3 Å². The second kappa shape index (κ2) is 6.89. The van der Waals surface area contributed by atoms with Crippen LogP contribution in [0, 0.1) is 0 Å². The zero-order valence-corrected chi connectivity index (χ0v) is 10.7. The lowest BCUT2D eigenvalue weighted by Crippen LogP contribution is -2.24. The predicted octanol–water partition coefficient (Wildman–Crippen LogP) is 3.02. The van der Waals surface area contributed by atoms with Crippen molar-refractivity contribution in [2.45, 2.75) is 38.3 Å². The van der Waals surface area contributed by atoms with E-state index >= 15 is 0 Å². The van der Waals surface area contributed by atoms with Crippen molar-refractivity contribution < 1.29 is 4.74 Å². The summed E-state index contributed by atoms with van der Waals surface area (Å²) in [7, 11) is 1.73. The van der Waals surface area contributed by atoms with Gasteiger partial charge in [0, 0.05) is 18.2 Å². The van der Waals surface area contributed by atoms with Crippen molar-refractivity contribution in [1.29, 1.82) is 0 Å². The first-order valence-electron chi connectivity index (χ1n) is 5.64. The molecular weight excluding hydrogens is 222 g/mol. The van der Waals surface area contributed by atoms with Crippen LogP contribution in [0.1, 0.15) is 25.3 Å². The third kappa shape index (κ3) is 4.97. The fraction of sp³-hybridized carbons (Fsp3) is 0.538. The Morgan fingerprint density at radius 1 is 1.25 bits per heavy atom. The van der Waals surface area contributed by atoms with E-state index in [4.69, 9.17) is 22.1 Å². The number of nitrogens with two attached hydrogens (primary N) is 1. The Morgan fingerprint density at radius 3 is 2.44 bits per heavy atom. The number of benzene rings is 1. The standard InChI is InChI=1S/C13H20ClNO/c1-10(16-2)3-8-13(15)9-11-4-6-12(14)7-5-11/h4-7,10,13H,3,8-9,15H2,1-2H3. The minimum Gasteiger partial charge on any atom is -0.382 e. The number of rotatable bonds is 6. The molecular formula is C13H20ClNO. The van der Waals surface area contributed by atoms with Crippen LogP contribution in [0.15, 0.2) is 24.3 Å². The van der Waals surface area contributed by atoms with Crippen LogP contribution in [-0.2, 0) is 11.2 Å². The van der Waals surface area contributed by atoms with E-state index in [1.165, 1.54) is 5.56 Å². The summed E-state index contributed by atoms with van der Waals surface area (Å²) >= 11 is 5.82. The van der Waals surface area contributed by atoms with Crippen molar-refractivity contribution in [3.05, 3.63) is 34.9 Å². The van der Waals surface area contributed by atoms with E-state index in [9.17, 15) is 0 Å². The minimum absolute atomic E-state index is 0.193. The number of halogens is 1. The molecule has 3 heteroatoms. The van der Waals surface area contributed by atoms with Gasteiger partial charge in [-0.2, -0.15) is 0 Å². The molecule has 0 radical (unpaired) electrons. The van der Waals surface area contributed by atoms with E-state index in [1.807, 2.05) is 24.3 Å². The van der Waals surface area contributed by atoms with Crippen LogP contribution >= 0.6 is 11.6 Å². The number of methoxy groups -OCH3 is 1. The lowest BCUT2D eigenvalue weighted by atomic mass is 10.0. The molecule has 0 saturated carbocycles. The van der Waals surface area contributed by atoms with Crippen molar-refractivity contribution in [3.63, 3.8) is 0 Å². The first-order valence-corrected chi connectivity index (χ1v) is 6.02. The SMILES string of the molecule is COC(C)CCC(N)Cc1ccc(Cl)cc1. The molecule has 0 heterocycles. The molecule has 2 unspecified atom stereocenters. The van der Waals surface area contributed by atoms with Crippen molar-refractivity contribution in [3.8, 4) is 0 Å². The van der Waals surface area contributed by atoms with Crippen molar-refractivity contribution in [2.24, 2.45) is 5.73 Å². The van der Waals surface area contributed by atoms with Gasteiger partial charge in [-0.1, -0.05) is 23.7 Å². The van der Waals surface area contributed by atoms with Gasteiger partial charge in [0.05, 0.1) is 6.10 Å². The summed E-state index contributed by atoms with van der Waals surface area (Å²) < 4.78 is 5.19. The highest BCUT2D eigenvalue weighted by atomic mass is 35.5. The lowest BCUT2D eigenvalue weighted by molar-refractivity contribution is 0.107. The first kappa shape index (κ1) is 13.5. The quantitative estimate of drug-likeness (QED) is 0.831. The fourth-order valence-electron chi connectivity index (χ4n) is 1.59. The zero-order valence-electron chi connectivity index (χ0n) is 9.95. The molecule has 2 N–H and O–H groups in total. The Morgan fingerprint density at radius 2 is 1.88 bits per heavy atom. The van der Waals surface area contributed by atoms with Crippen LogP contribution in [0.25, 0.3) is 0 Å². The van der Waals surface area contributed by atoms with Crippen LogP contribution in [0.4, 0.5) is 0 Å². The van der Waals surface area contributed by atoms with Gasteiger partial charge in [0.15, 0.2) is 0 Å². The summed E-state index contributed by atoms with van der Waals surface area (Å²) in [5, 5.41) is 0.769. The maximum atomic E-state index is 6.06. The van der Waals surface area contributed by atoms with Gasteiger partial charge in [0.2, 0.25) is 0 Å². The van der Waals surface area contributed by atoms with Crippen LogP contribution in [-0.4, -0.2) is 19.3 Å². The fourth-order valence-corrected chi connectivity index (χ4v) is 1.72. The summed E-state index contributed by atoms with van der Waals surface area (Å²) in [5.74, 6) is 0. The number of hydrogen-bond donors (Lipinski definition) is 1. The zero-order chi connectivity index (χ0) is 12.0. The van der Waals surface area contributed by atoms with Gasteiger partial charge in [-0.05, 0) is 43.9 Å². The molecule has 0 spiro atoms. The summed E-state index contributed by atoms with van der Waals surface area (Å²) in [6, 6.07) is 8.06. The van der Waals surface area contributed by atoms with Gasteiger partial charge in [0.25, 0.3) is 0 Å². The highest BCUT2D eigenvalue weighted by molar-refractivity contribution is 6.30. The van der Waals surface area contributed by atoms with Crippen molar-refractivity contribution in [2.75, 3.05) is 7.11 Å². The lowest BCUT2D eigenvalue weighted by Gasteiger charge is -2.14. The second-order valence-corrected chi connectivity index (χ2v) is 4.65. The monoisotopic (exact) mass is 241 g/mol. The van der Waals surface area contributed by atoms with Crippen LogP contribution in [0.3, 0.4) is 0 Å². The molecule has 0 aliphatic rings. The average Bonchev–Trinajstić information content (AvgIpc) is 2.29. The topological polar surface area (TPSA) is 35.2 Å². The smallest absolute Gasteiger partial charge is 0.0543 e. The Balaban J connectivity index is 2.33. The normalized spacial score (nSPS) is 14.8. The van der Waals surface area contributed by atoms with E-state index in [0.29, 0.717) is 0 Å². The molecule has 0 aliphatic carbocycles. The van der Waals surface area contributed by atoms with Gasteiger partial charge in [-0.3, -0.25) is 0 Å². The molecule has 0 amide bonds. The summed E-state index contributed by atoms with van der Waals surface area (Å²) in [5.41, 5.74) is 7.30. The van der Waals surface area contributed by atoms with E-state index in [-0.39, 0.29) is 12.1 Å². The maximum absolute atomic E-state index is 6.06.